The molecule has 0 N–H and O–H groups in total. The highest BCUT2D eigenvalue weighted by Crippen LogP contribution is 2.22. The maximum Gasteiger partial charge on any atom is 0.280 e. The molecule has 2 aromatic carbocycles. The molecule has 3 rings (SSSR count). The second kappa shape index (κ2) is 6.26. The molecule has 3 aromatic rings. The lowest BCUT2D eigenvalue weighted by molar-refractivity contribution is 0.0979. The number of amides is 1. The van der Waals surface area contributed by atoms with Gasteiger partial charge >= 0.3 is 0 Å². The average molecular weight is 292 g/mol. The number of hydrogen-bond donors (Lipinski definition) is 0. The van der Waals surface area contributed by atoms with Gasteiger partial charge in [0, 0.05) is 23.9 Å². The van der Waals surface area contributed by atoms with Gasteiger partial charge < -0.3 is 9.42 Å². The van der Waals surface area contributed by atoms with Gasteiger partial charge in [0.15, 0.2) is 11.5 Å². The number of rotatable bonds is 4. The molecule has 4 nitrogen and oxygen atoms in total. The quantitative estimate of drug-likeness (QED) is 0.730. The molecule has 0 radical (unpaired) electrons. The Hall–Kier alpha value is -2.88. The van der Waals surface area contributed by atoms with Crippen molar-refractivity contribution in [2.24, 2.45) is 0 Å². The Balaban J connectivity index is 1.88. The highest BCUT2D eigenvalue weighted by molar-refractivity contribution is 6.05. The number of benzene rings is 2. The van der Waals surface area contributed by atoms with E-state index in [4.69, 9.17) is 4.52 Å². The third kappa shape index (κ3) is 2.76. The maximum atomic E-state index is 12.6. The number of anilines is 1. The van der Waals surface area contributed by atoms with E-state index in [9.17, 15) is 4.79 Å². The predicted octanol–water partition coefficient (Wildman–Crippen LogP) is 4.01. The highest BCUT2D eigenvalue weighted by atomic mass is 16.5. The summed E-state index contributed by atoms with van der Waals surface area (Å²) in [4.78, 5) is 14.3. The van der Waals surface area contributed by atoms with Crippen LogP contribution in [-0.2, 0) is 0 Å². The van der Waals surface area contributed by atoms with Crippen molar-refractivity contribution in [1.82, 2.24) is 5.16 Å². The first-order valence-electron chi connectivity index (χ1n) is 7.18. The van der Waals surface area contributed by atoms with Gasteiger partial charge in [-0.3, -0.25) is 4.79 Å². The molecule has 4 heteroatoms. The molecule has 0 aliphatic heterocycles. The molecule has 0 spiro atoms. The number of carbonyl (C=O) groups is 1. The molecule has 0 atom stereocenters. The molecule has 0 saturated carbocycles. The number of nitrogens with zero attached hydrogens (tertiary/aromatic N) is 2. The van der Waals surface area contributed by atoms with Crippen LogP contribution < -0.4 is 4.90 Å². The van der Waals surface area contributed by atoms with Gasteiger partial charge in [-0.15, -0.1) is 0 Å². The van der Waals surface area contributed by atoms with Crippen LogP contribution in [0, 0.1) is 0 Å². The SMILES string of the molecule is CCN(C(=O)c1cc(-c2ccccc2)on1)c1ccccc1. The summed E-state index contributed by atoms with van der Waals surface area (Å²) in [6.07, 6.45) is 0. The Kier molecular flexibility index (Phi) is 4.01. The minimum Gasteiger partial charge on any atom is -0.355 e. The molecule has 0 aliphatic rings. The van der Waals surface area contributed by atoms with E-state index in [0.717, 1.165) is 11.3 Å². The molecule has 1 aromatic heterocycles. The monoisotopic (exact) mass is 292 g/mol. The lowest BCUT2D eigenvalue weighted by Gasteiger charge is -2.19. The van der Waals surface area contributed by atoms with Crippen molar-refractivity contribution < 1.29 is 9.32 Å². The zero-order valence-electron chi connectivity index (χ0n) is 12.3. The topological polar surface area (TPSA) is 46.3 Å². The normalized spacial score (nSPS) is 10.4. The standard InChI is InChI=1S/C18H16N2O2/c1-2-20(15-11-7-4-8-12-15)18(21)16-13-17(22-19-16)14-9-5-3-6-10-14/h3-13H,2H2,1H3. The third-order valence-corrected chi connectivity index (χ3v) is 3.42. The van der Waals surface area contributed by atoms with Crippen LogP contribution in [0.25, 0.3) is 11.3 Å². The van der Waals surface area contributed by atoms with Gasteiger partial charge in [0.2, 0.25) is 0 Å². The molecule has 0 fully saturated rings. The van der Waals surface area contributed by atoms with Crippen LogP contribution in [0.15, 0.2) is 71.3 Å². The van der Waals surface area contributed by atoms with Crippen LogP contribution in [0.4, 0.5) is 5.69 Å². The van der Waals surface area contributed by atoms with Gasteiger partial charge in [-0.25, -0.2) is 0 Å². The lowest BCUT2D eigenvalue weighted by atomic mass is 10.1. The Labute approximate surface area is 129 Å². The van der Waals surface area contributed by atoms with Crippen LogP contribution in [0.3, 0.4) is 0 Å². The van der Waals surface area contributed by atoms with Crippen molar-refractivity contribution in [2.75, 3.05) is 11.4 Å². The maximum absolute atomic E-state index is 12.6. The first-order chi connectivity index (χ1) is 10.8. The fourth-order valence-corrected chi connectivity index (χ4v) is 2.30. The first-order valence-corrected chi connectivity index (χ1v) is 7.18. The Morgan fingerprint density at radius 1 is 1.05 bits per heavy atom. The van der Waals surface area contributed by atoms with E-state index >= 15 is 0 Å². The Morgan fingerprint density at radius 3 is 2.32 bits per heavy atom. The highest BCUT2D eigenvalue weighted by Gasteiger charge is 2.20. The predicted molar refractivity (Wildman–Crippen MR) is 85.7 cm³/mol. The number of carbonyl (C=O) groups excluding carboxylic acids is 1. The zero-order chi connectivity index (χ0) is 15.4. The number of hydrogen-bond acceptors (Lipinski definition) is 3. The molecule has 1 amide bonds. The lowest BCUT2D eigenvalue weighted by Crippen LogP contribution is -2.30. The van der Waals surface area contributed by atoms with E-state index in [2.05, 4.69) is 5.16 Å². The Morgan fingerprint density at radius 2 is 1.68 bits per heavy atom. The van der Waals surface area contributed by atoms with Crippen LogP contribution in [0.1, 0.15) is 17.4 Å². The van der Waals surface area contributed by atoms with Gasteiger partial charge in [-0.1, -0.05) is 53.7 Å². The number of aromatic nitrogens is 1. The molecular formula is C18H16N2O2. The first kappa shape index (κ1) is 14.1. The van der Waals surface area contributed by atoms with Crippen molar-refractivity contribution in [3.63, 3.8) is 0 Å². The van der Waals surface area contributed by atoms with Crippen molar-refractivity contribution in [3.05, 3.63) is 72.4 Å². The van der Waals surface area contributed by atoms with Crippen LogP contribution >= 0.6 is 0 Å². The summed E-state index contributed by atoms with van der Waals surface area (Å²) in [7, 11) is 0. The van der Waals surface area contributed by atoms with E-state index in [-0.39, 0.29) is 5.91 Å². The largest absolute Gasteiger partial charge is 0.355 e. The molecule has 22 heavy (non-hydrogen) atoms. The Bertz CT molecular complexity index is 751. The molecule has 0 unspecified atom stereocenters. The summed E-state index contributed by atoms with van der Waals surface area (Å²) in [6.45, 7) is 2.50. The molecule has 0 bridgehead atoms. The summed E-state index contributed by atoms with van der Waals surface area (Å²) >= 11 is 0. The molecular weight excluding hydrogens is 276 g/mol. The fourth-order valence-electron chi connectivity index (χ4n) is 2.30. The van der Waals surface area contributed by atoms with Crippen LogP contribution in [-0.4, -0.2) is 17.6 Å². The van der Waals surface area contributed by atoms with Crippen molar-refractivity contribution in [3.8, 4) is 11.3 Å². The zero-order valence-corrected chi connectivity index (χ0v) is 12.3. The van der Waals surface area contributed by atoms with Gasteiger partial charge in [0.05, 0.1) is 0 Å². The minimum atomic E-state index is -0.167. The molecule has 110 valence electrons. The number of para-hydroxylation sites is 1. The third-order valence-electron chi connectivity index (χ3n) is 3.42. The van der Waals surface area contributed by atoms with Crippen molar-refractivity contribution in [2.45, 2.75) is 6.92 Å². The average Bonchev–Trinajstić information content (AvgIpc) is 3.07. The molecule has 0 aliphatic carbocycles. The van der Waals surface area contributed by atoms with Gasteiger partial charge in [0.1, 0.15) is 0 Å². The molecule has 1 heterocycles. The smallest absolute Gasteiger partial charge is 0.280 e. The van der Waals surface area contributed by atoms with E-state index in [0.29, 0.717) is 18.0 Å². The second-order valence-electron chi connectivity index (χ2n) is 4.83. The fraction of sp³-hybridized carbons (Fsp3) is 0.111. The molecule has 0 saturated heterocycles. The van der Waals surface area contributed by atoms with E-state index in [1.807, 2.05) is 67.6 Å². The minimum absolute atomic E-state index is 0.167. The van der Waals surface area contributed by atoms with E-state index < -0.39 is 0 Å². The summed E-state index contributed by atoms with van der Waals surface area (Å²) in [5, 5.41) is 3.92. The summed E-state index contributed by atoms with van der Waals surface area (Å²) < 4.78 is 5.30. The van der Waals surface area contributed by atoms with E-state index in [1.54, 1.807) is 11.0 Å². The summed E-state index contributed by atoms with van der Waals surface area (Å²) in [5.41, 5.74) is 2.06. The van der Waals surface area contributed by atoms with Crippen molar-refractivity contribution >= 4 is 11.6 Å². The second-order valence-corrected chi connectivity index (χ2v) is 4.83. The van der Waals surface area contributed by atoms with Crippen molar-refractivity contribution in [1.29, 1.82) is 0 Å². The summed E-state index contributed by atoms with van der Waals surface area (Å²) in [5.74, 6) is 0.424. The van der Waals surface area contributed by atoms with Gasteiger partial charge in [0.25, 0.3) is 5.91 Å². The van der Waals surface area contributed by atoms with Crippen LogP contribution in [0.2, 0.25) is 0 Å². The van der Waals surface area contributed by atoms with E-state index in [1.165, 1.54) is 0 Å². The van der Waals surface area contributed by atoms with Gasteiger partial charge in [-0.2, -0.15) is 0 Å². The summed E-state index contributed by atoms with van der Waals surface area (Å²) in [6, 6.07) is 20.8. The van der Waals surface area contributed by atoms with Gasteiger partial charge in [-0.05, 0) is 19.1 Å². The van der Waals surface area contributed by atoms with Crippen LogP contribution in [0.5, 0.6) is 0 Å².